The van der Waals surface area contributed by atoms with E-state index in [1.54, 1.807) is 12.2 Å². The molecule has 0 saturated heterocycles. The van der Waals surface area contributed by atoms with Crippen LogP contribution in [0.4, 0.5) is 17.1 Å². The summed E-state index contributed by atoms with van der Waals surface area (Å²) in [5.41, 5.74) is 22.6. The Hall–Kier alpha value is -7.50. The second-order valence-corrected chi connectivity index (χ2v) is 15.7. The van der Waals surface area contributed by atoms with Crippen LogP contribution in [0.5, 0.6) is 0 Å². The normalized spacial score (nSPS) is 13.6. The molecule has 6 aromatic carbocycles. The molecule has 63 heavy (non-hydrogen) atoms. The lowest BCUT2D eigenvalue weighted by molar-refractivity contribution is 0.660. The number of nitrogens with two attached hydrogens (primary N) is 1. The maximum absolute atomic E-state index is 5.86. The molecule has 0 fully saturated rings. The number of aryl methyl sites for hydroxylation is 1. The van der Waals surface area contributed by atoms with Gasteiger partial charge in [0.05, 0.1) is 29.9 Å². The van der Waals surface area contributed by atoms with Gasteiger partial charge in [0.1, 0.15) is 0 Å². The van der Waals surface area contributed by atoms with Crippen molar-refractivity contribution in [3.8, 4) is 11.1 Å². The minimum atomic E-state index is -0.106. The summed E-state index contributed by atoms with van der Waals surface area (Å²) >= 11 is 0. The van der Waals surface area contributed by atoms with Crippen LogP contribution in [0, 0.1) is 12.3 Å². The zero-order valence-electron chi connectivity index (χ0n) is 37.7. The Morgan fingerprint density at radius 2 is 1.38 bits per heavy atom. The summed E-state index contributed by atoms with van der Waals surface area (Å²) in [6, 6.07) is 51.8. The number of nitrogens with one attached hydrogen (secondary N) is 1. The third kappa shape index (κ3) is 11.1. The van der Waals surface area contributed by atoms with Gasteiger partial charge in [-0.25, -0.2) is 0 Å². The molecule has 0 atom stereocenters. The number of allylic oxidation sites excluding steroid dienone is 8. The molecule has 1 aliphatic heterocycles. The predicted molar refractivity (Wildman–Crippen MR) is 276 cm³/mol. The van der Waals surface area contributed by atoms with Crippen molar-refractivity contribution in [2.45, 2.75) is 40.0 Å². The van der Waals surface area contributed by atoms with Crippen molar-refractivity contribution in [1.82, 2.24) is 0 Å². The fraction of sp³-hybridized carbons (Fsp3) is 0.138. The quantitative estimate of drug-likeness (QED) is 0.0866. The highest BCUT2D eigenvalue weighted by Crippen LogP contribution is 2.51. The molecule has 0 spiro atoms. The Balaban J connectivity index is 0.000000462. The van der Waals surface area contributed by atoms with E-state index in [4.69, 9.17) is 5.41 Å². The highest BCUT2D eigenvalue weighted by molar-refractivity contribution is 5.95. The Bertz CT molecular complexity index is 2620. The van der Waals surface area contributed by atoms with Crippen LogP contribution >= 0.6 is 0 Å². The predicted octanol–water partition coefficient (Wildman–Crippen LogP) is 14.6. The number of hydrazine groups is 1. The standard InChI is InChI=1S/C46H43N3.C7H8.C4H6.CH4N2/c1-7-32(2)39-20-14-22-44-45(39)36(18-13-15-33(3)35-16-9-8-10-17-35)31-48(44)49(37-25-23-34(24-26-37)30-47-6)38-27-28-41-40-19-11-12-21-42(40)46(4,5)43(41)29-38;1-7-5-3-2-4-6-7;1-3-4-2;2-1-3/h7-30H,3,31H2,1-2,4-6H3;2-6H,1H3;3-4H,1-2H2;1H,(H3,2,3)/b15-13-,32-7+,36-18+,47-30?;;;. The Morgan fingerprint density at radius 3 is 1.98 bits per heavy atom. The summed E-state index contributed by atoms with van der Waals surface area (Å²) in [6.07, 6.45) is 14.7. The van der Waals surface area contributed by atoms with Crippen LogP contribution in [-0.4, -0.2) is 26.1 Å². The topological polar surface area (TPSA) is 68.7 Å². The first-order valence-electron chi connectivity index (χ1n) is 21.2. The number of hydrogen-bond donors (Lipinski definition) is 2. The van der Waals surface area contributed by atoms with Gasteiger partial charge in [-0.3, -0.25) is 20.4 Å². The number of benzene rings is 6. The highest BCUT2D eigenvalue weighted by Gasteiger charge is 2.37. The van der Waals surface area contributed by atoms with Crippen molar-refractivity contribution < 1.29 is 0 Å². The molecular weight excluding hydrogens is 767 g/mol. The molecular formula is C58H61N5. The van der Waals surface area contributed by atoms with Crippen molar-refractivity contribution in [3.05, 3.63) is 241 Å². The van der Waals surface area contributed by atoms with Gasteiger partial charge in [0.15, 0.2) is 0 Å². The molecule has 5 heteroatoms. The monoisotopic (exact) mass is 827 g/mol. The van der Waals surface area contributed by atoms with E-state index in [-0.39, 0.29) is 5.41 Å². The first-order valence-corrected chi connectivity index (χ1v) is 21.2. The van der Waals surface area contributed by atoms with Crippen LogP contribution in [-0.2, 0) is 5.41 Å². The van der Waals surface area contributed by atoms with Gasteiger partial charge in [-0.1, -0.05) is 191 Å². The number of anilines is 3. The van der Waals surface area contributed by atoms with Gasteiger partial charge >= 0.3 is 0 Å². The van der Waals surface area contributed by atoms with E-state index in [9.17, 15) is 0 Å². The van der Waals surface area contributed by atoms with Crippen molar-refractivity contribution in [2.24, 2.45) is 10.7 Å². The number of hydrogen-bond acceptors (Lipinski definition) is 4. The Labute approximate surface area is 376 Å². The van der Waals surface area contributed by atoms with Crippen molar-refractivity contribution >= 4 is 46.3 Å². The fourth-order valence-corrected chi connectivity index (χ4v) is 7.88. The van der Waals surface area contributed by atoms with E-state index in [0.29, 0.717) is 6.54 Å². The zero-order chi connectivity index (χ0) is 45.4. The van der Waals surface area contributed by atoms with Gasteiger partial charge in [-0.2, -0.15) is 0 Å². The minimum absolute atomic E-state index is 0.106. The van der Waals surface area contributed by atoms with E-state index in [1.807, 2.05) is 37.5 Å². The number of nitrogens with zero attached hydrogens (tertiary/aromatic N) is 3. The molecule has 1 heterocycles. The lowest BCUT2D eigenvalue weighted by atomic mass is 9.82. The van der Waals surface area contributed by atoms with Crippen molar-refractivity contribution in [3.63, 3.8) is 0 Å². The summed E-state index contributed by atoms with van der Waals surface area (Å²) < 4.78 is 0. The first kappa shape index (κ1) is 46.6. The van der Waals surface area contributed by atoms with Gasteiger partial charge in [0.25, 0.3) is 0 Å². The Kier molecular flexibility index (Phi) is 16.5. The van der Waals surface area contributed by atoms with Crippen LogP contribution in [0.1, 0.15) is 66.6 Å². The minimum Gasteiger partial charge on any atom is -0.390 e. The van der Waals surface area contributed by atoms with E-state index in [1.165, 1.54) is 55.8 Å². The van der Waals surface area contributed by atoms with Gasteiger partial charge < -0.3 is 5.73 Å². The molecule has 5 nitrogen and oxygen atoms in total. The lowest BCUT2D eigenvalue weighted by Crippen LogP contribution is -2.38. The molecule has 8 rings (SSSR count). The summed E-state index contributed by atoms with van der Waals surface area (Å²) in [6.45, 7) is 22.9. The second kappa shape index (κ2) is 22.4. The van der Waals surface area contributed by atoms with Gasteiger partial charge in [-0.05, 0) is 107 Å². The Morgan fingerprint density at radius 1 is 0.778 bits per heavy atom. The largest absolute Gasteiger partial charge is 0.390 e. The molecule has 1 aliphatic carbocycles. The third-order valence-corrected chi connectivity index (χ3v) is 11.1. The van der Waals surface area contributed by atoms with Crippen molar-refractivity contribution in [2.75, 3.05) is 23.6 Å². The van der Waals surface area contributed by atoms with Crippen molar-refractivity contribution in [1.29, 1.82) is 5.41 Å². The highest BCUT2D eigenvalue weighted by atomic mass is 15.6. The zero-order valence-corrected chi connectivity index (χ0v) is 37.7. The summed E-state index contributed by atoms with van der Waals surface area (Å²) in [5, 5.41) is 10.7. The molecule has 0 saturated carbocycles. The number of fused-ring (bicyclic) bond motifs is 4. The van der Waals surface area contributed by atoms with Gasteiger partial charge in [0.2, 0.25) is 0 Å². The van der Waals surface area contributed by atoms with E-state index < -0.39 is 0 Å². The fourth-order valence-electron chi connectivity index (χ4n) is 7.88. The third-order valence-electron chi connectivity index (χ3n) is 11.1. The van der Waals surface area contributed by atoms with E-state index in [2.05, 4.69) is 221 Å². The smallest absolute Gasteiger partial charge is 0.0765 e. The maximum Gasteiger partial charge on any atom is 0.0765 e. The van der Waals surface area contributed by atoms with Crippen LogP contribution < -0.4 is 15.8 Å². The summed E-state index contributed by atoms with van der Waals surface area (Å²) in [4.78, 5) is 4.25. The van der Waals surface area contributed by atoms with Crippen LogP contribution in [0.15, 0.2) is 207 Å². The number of aliphatic imine (C=N–C) groups is 1. The molecule has 2 aliphatic rings. The summed E-state index contributed by atoms with van der Waals surface area (Å²) in [7, 11) is 1.81. The molecule has 0 aromatic heterocycles. The van der Waals surface area contributed by atoms with E-state index in [0.717, 1.165) is 34.4 Å². The molecule has 318 valence electrons. The SMILES string of the molecule is C=C(/C=C\C=C1/CN(N(c2ccc(C=NC)cc2)c2ccc3c(c2)C(C)(C)c2ccccc2-3)c2cccc(/C(C)=C/C)c21)c1ccccc1.C=CC=C.Cc1ccccc1.N=CN. The van der Waals surface area contributed by atoms with Gasteiger partial charge in [0, 0.05) is 24.2 Å². The number of rotatable bonds is 9. The average Bonchev–Trinajstić information content (AvgIpc) is 3.79. The molecule has 0 amide bonds. The summed E-state index contributed by atoms with van der Waals surface area (Å²) in [5.74, 6) is 0. The average molecular weight is 828 g/mol. The molecule has 0 radical (unpaired) electrons. The maximum atomic E-state index is 5.86. The van der Waals surface area contributed by atoms with E-state index >= 15 is 0 Å². The lowest BCUT2D eigenvalue weighted by Gasteiger charge is -2.36. The van der Waals surface area contributed by atoms with Crippen LogP contribution in [0.2, 0.25) is 0 Å². The molecule has 0 unspecified atom stereocenters. The van der Waals surface area contributed by atoms with Gasteiger partial charge in [-0.15, -0.1) is 0 Å². The first-order chi connectivity index (χ1) is 30.5. The molecule has 6 aromatic rings. The van der Waals surface area contributed by atoms with Crippen LogP contribution in [0.25, 0.3) is 27.8 Å². The second-order valence-electron chi connectivity index (χ2n) is 15.7. The molecule has 3 N–H and O–H groups in total. The molecule has 0 bridgehead atoms. The van der Waals surface area contributed by atoms with Crippen LogP contribution in [0.3, 0.4) is 0 Å².